The number of rotatable bonds is 6. The van der Waals surface area contributed by atoms with Crippen LogP contribution < -0.4 is 30.7 Å². The van der Waals surface area contributed by atoms with Crippen LogP contribution in [0.15, 0.2) is 72.8 Å². The zero-order valence-corrected chi connectivity index (χ0v) is 18.7. The molecular formula is C24H24IO4-. The molecule has 1 saturated heterocycles. The number of halogens is 1. The molecule has 0 N–H and O–H groups in total. The number of hydrogen-bond acceptors (Lipinski definition) is 4. The van der Waals surface area contributed by atoms with E-state index in [1.54, 1.807) is 14.2 Å². The van der Waals surface area contributed by atoms with Crippen LogP contribution in [0, 0.1) is 7.14 Å². The fourth-order valence-electron chi connectivity index (χ4n) is 3.42. The summed E-state index contributed by atoms with van der Waals surface area (Å²) >= 11 is -0.214. The monoisotopic (exact) mass is 503 g/mol. The molecule has 5 heteroatoms. The van der Waals surface area contributed by atoms with Gasteiger partial charge < -0.3 is 0 Å². The molecule has 1 heterocycles. The minimum absolute atomic E-state index is 0.214. The van der Waals surface area contributed by atoms with Gasteiger partial charge in [0.2, 0.25) is 0 Å². The maximum atomic E-state index is 6.28. The summed E-state index contributed by atoms with van der Waals surface area (Å²) in [4.78, 5) is 0. The molecule has 0 bridgehead atoms. The molecule has 0 aromatic heterocycles. The Kier molecular flexibility index (Phi) is 6.37. The topological polar surface area (TPSA) is 36.9 Å². The van der Waals surface area contributed by atoms with Crippen molar-refractivity contribution in [3.63, 3.8) is 0 Å². The third kappa shape index (κ3) is 4.27. The molecule has 0 amide bonds. The molecule has 0 unspecified atom stereocenters. The van der Waals surface area contributed by atoms with E-state index in [2.05, 4.69) is 54.6 Å². The molecule has 0 aliphatic carbocycles. The van der Waals surface area contributed by atoms with E-state index in [-0.39, 0.29) is 21.2 Å². The Hall–Kier alpha value is -2.09. The van der Waals surface area contributed by atoms with Crippen LogP contribution in [0.2, 0.25) is 0 Å². The van der Waals surface area contributed by atoms with Crippen molar-refractivity contribution in [1.82, 2.24) is 0 Å². The molecule has 0 radical (unpaired) electrons. The van der Waals surface area contributed by atoms with E-state index in [1.807, 2.05) is 18.2 Å². The van der Waals surface area contributed by atoms with Gasteiger partial charge in [0.05, 0.1) is 0 Å². The van der Waals surface area contributed by atoms with Crippen LogP contribution in [0.1, 0.15) is 17.5 Å². The number of ether oxygens (including phenoxy) is 4. The van der Waals surface area contributed by atoms with E-state index in [4.69, 9.17) is 18.9 Å². The third-order valence-electron chi connectivity index (χ3n) is 4.84. The van der Waals surface area contributed by atoms with Gasteiger partial charge in [-0.1, -0.05) is 0 Å². The number of benzene rings is 3. The molecule has 0 spiro atoms. The predicted octanol–water partition coefficient (Wildman–Crippen LogP) is 1.47. The Morgan fingerprint density at radius 2 is 1.48 bits per heavy atom. The van der Waals surface area contributed by atoms with Crippen LogP contribution in [0.3, 0.4) is 0 Å². The predicted molar refractivity (Wildman–Crippen MR) is 107 cm³/mol. The molecule has 152 valence electrons. The molecule has 1 aliphatic rings. The van der Waals surface area contributed by atoms with E-state index in [9.17, 15) is 0 Å². The summed E-state index contributed by atoms with van der Waals surface area (Å²) in [5.41, 5.74) is 1.83. The Morgan fingerprint density at radius 1 is 0.793 bits per heavy atom. The summed E-state index contributed by atoms with van der Waals surface area (Å²) in [6, 6.07) is 25.0. The zero-order valence-electron chi connectivity index (χ0n) is 16.6. The van der Waals surface area contributed by atoms with Gasteiger partial charge in [0.15, 0.2) is 0 Å². The molecular weight excluding hydrogens is 479 g/mol. The van der Waals surface area contributed by atoms with Gasteiger partial charge in [0.1, 0.15) is 0 Å². The first-order valence-electron chi connectivity index (χ1n) is 9.56. The van der Waals surface area contributed by atoms with E-state index in [0.29, 0.717) is 19.0 Å². The van der Waals surface area contributed by atoms with Gasteiger partial charge in [-0.2, -0.15) is 0 Å². The average molecular weight is 503 g/mol. The quantitative estimate of drug-likeness (QED) is 0.478. The van der Waals surface area contributed by atoms with Crippen molar-refractivity contribution in [3.05, 3.63) is 91.1 Å². The van der Waals surface area contributed by atoms with Gasteiger partial charge in [-0.25, -0.2) is 0 Å². The van der Waals surface area contributed by atoms with Gasteiger partial charge in [-0.05, 0) is 0 Å². The summed E-state index contributed by atoms with van der Waals surface area (Å²) in [7, 11) is 3.30. The second-order valence-electron chi connectivity index (χ2n) is 6.63. The van der Waals surface area contributed by atoms with Gasteiger partial charge in [-0.3, -0.25) is 0 Å². The number of hydrogen-bond donors (Lipinski definition) is 0. The molecule has 1 fully saturated rings. The van der Waals surface area contributed by atoms with E-state index < -0.39 is 5.79 Å². The van der Waals surface area contributed by atoms with Crippen LogP contribution in [0.25, 0.3) is 0 Å². The summed E-state index contributed by atoms with van der Waals surface area (Å²) in [5, 5.41) is 0. The maximum absolute atomic E-state index is 6.28. The summed E-state index contributed by atoms with van der Waals surface area (Å²) < 4.78 is 26.3. The number of methoxy groups -OCH3 is 2. The first-order valence-corrected chi connectivity index (χ1v) is 11.7. The normalized spacial score (nSPS) is 15.8. The van der Waals surface area contributed by atoms with Crippen molar-refractivity contribution < 1.29 is 40.2 Å². The SMILES string of the molecule is COc1ccc(C2(c3ccc([I-]c4ccccc4)cc3)OCCCO2)c(OC)c1. The van der Waals surface area contributed by atoms with Crippen LogP contribution in [-0.4, -0.2) is 27.4 Å². The Bertz CT molecular complexity index is 935. The van der Waals surface area contributed by atoms with Crippen molar-refractivity contribution in [1.29, 1.82) is 0 Å². The van der Waals surface area contributed by atoms with Gasteiger partial charge in [0, 0.05) is 0 Å². The summed E-state index contributed by atoms with van der Waals surface area (Å²) in [6.07, 6.45) is 0.873. The van der Waals surface area contributed by atoms with E-state index in [0.717, 1.165) is 23.3 Å². The average Bonchev–Trinajstić information content (AvgIpc) is 2.80. The van der Waals surface area contributed by atoms with Gasteiger partial charge in [-0.15, -0.1) is 0 Å². The van der Waals surface area contributed by atoms with Crippen molar-refractivity contribution >= 4 is 0 Å². The fourth-order valence-corrected chi connectivity index (χ4v) is 5.63. The van der Waals surface area contributed by atoms with Gasteiger partial charge >= 0.3 is 182 Å². The van der Waals surface area contributed by atoms with Crippen LogP contribution in [-0.2, 0) is 15.3 Å². The third-order valence-corrected chi connectivity index (χ3v) is 7.52. The fraction of sp³-hybridized carbons (Fsp3) is 0.250. The van der Waals surface area contributed by atoms with Crippen LogP contribution in [0.5, 0.6) is 11.5 Å². The van der Waals surface area contributed by atoms with Crippen LogP contribution >= 0.6 is 0 Å². The van der Waals surface area contributed by atoms with Crippen LogP contribution in [0.4, 0.5) is 0 Å². The van der Waals surface area contributed by atoms with E-state index in [1.165, 1.54) is 7.14 Å². The van der Waals surface area contributed by atoms with Gasteiger partial charge in [0.25, 0.3) is 0 Å². The standard InChI is InChI=1S/C24H24IO4/c1-26-21-13-14-22(23(17-21)27-2)24(28-15-6-16-29-24)18-9-11-20(12-10-18)25-19-7-4-3-5-8-19/h3-5,7-14,17H,6,15-16H2,1-2H3/q-1. The first kappa shape index (κ1) is 20.2. The molecule has 3 aromatic rings. The van der Waals surface area contributed by atoms with E-state index >= 15 is 0 Å². The Morgan fingerprint density at radius 3 is 2.14 bits per heavy atom. The minimum atomic E-state index is -0.973. The first-order chi connectivity index (χ1) is 14.2. The summed E-state index contributed by atoms with van der Waals surface area (Å²) in [6.45, 7) is 1.27. The zero-order chi connectivity index (χ0) is 20.1. The van der Waals surface area contributed by atoms with Crippen molar-refractivity contribution in [2.45, 2.75) is 12.2 Å². The Labute approximate surface area is 182 Å². The molecule has 29 heavy (non-hydrogen) atoms. The molecule has 3 aromatic carbocycles. The van der Waals surface area contributed by atoms with Crippen molar-refractivity contribution in [2.24, 2.45) is 0 Å². The second-order valence-corrected chi connectivity index (χ2v) is 9.66. The van der Waals surface area contributed by atoms with Crippen molar-refractivity contribution in [2.75, 3.05) is 27.4 Å². The molecule has 0 saturated carbocycles. The molecule has 1 aliphatic heterocycles. The molecule has 4 nitrogen and oxygen atoms in total. The summed E-state index contributed by atoms with van der Waals surface area (Å²) in [5.74, 6) is 0.450. The Balaban J connectivity index is 1.70. The molecule has 4 rings (SSSR count). The second kappa shape index (κ2) is 9.15. The molecule has 0 atom stereocenters. The van der Waals surface area contributed by atoms with Crippen molar-refractivity contribution in [3.8, 4) is 11.5 Å².